The fourth-order valence-corrected chi connectivity index (χ4v) is 1.59. The van der Waals surface area contributed by atoms with Gasteiger partial charge in [-0.05, 0) is 19.1 Å². The van der Waals surface area contributed by atoms with Crippen LogP contribution in [0.15, 0.2) is 33.6 Å². The summed E-state index contributed by atoms with van der Waals surface area (Å²) in [4.78, 5) is 35.8. The highest BCUT2D eigenvalue weighted by Gasteiger charge is 2.08. The van der Waals surface area contributed by atoms with Gasteiger partial charge in [0.05, 0.1) is 0 Å². The molecule has 0 bridgehead atoms. The normalized spacial score (nSPS) is 10.2. The number of carbonyl (C=O) groups excluding carboxylic acids is 2. The number of amides is 1. The highest BCUT2D eigenvalue weighted by atomic mass is 16.5. The summed E-state index contributed by atoms with van der Waals surface area (Å²) in [5, 5.41) is 6.19. The van der Waals surface area contributed by atoms with E-state index in [-0.39, 0.29) is 11.7 Å². The van der Waals surface area contributed by atoms with Crippen LogP contribution in [0.1, 0.15) is 23.7 Å². The van der Waals surface area contributed by atoms with Crippen molar-refractivity contribution in [1.82, 2.24) is 15.5 Å². The summed E-state index contributed by atoms with van der Waals surface area (Å²) in [7, 11) is 0. The average Bonchev–Trinajstić information content (AvgIpc) is 2.85. The minimum Gasteiger partial charge on any atom is -0.352 e. The Morgan fingerprint density at radius 1 is 1.30 bits per heavy atom. The molecule has 104 valence electrons. The maximum absolute atomic E-state index is 11.8. The molecule has 0 aliphatic carbocycles. The largest absolute Gasteiger partial charge is 0.439 e. The predicted molar refractivity (Wildman–Crippen MR) is 70.2 cm³/mol. The van der Waals surface area contributed by atoms with Gasteiger partial charge in [0.25, 0.3) is 5.91 Å². The van der Waals surface area contributed by atoms with Gasteiger partial charge in [-0.15, -0.1) is 0 Å². The lowest BCUT2D eigenvalue weighted by Crippen LogP contribution is -2.25. The van der Waals surface area contributed by atoms with Gasteiger partial charge < -0.3 is 5.32 Å². The molecule has 1 amide bonds. The Bertz CT molecular complexity index is 669. The van der Waals surface area contributed by atoms with Crippen LogP contribution in [-0.2, 0) is 4.79 Å². The molecule has 1 heterocycles. The number of hydrogen-bond donors (Lipinski definition) is 2. The molecule has 0 saturated carbocycles. The van der Waals surface area contributed by atoms with Gasteiger partial charge in [-0.3, -0.25) is 19.1 Å². The van der Waals surface area contributed by atoms with E-state index < -0.39 is 5.76 Å². The van der Waals surface area contributed by atoms with E-state index in [0.29, 0.717) is 29.9 Å². The molecule has 0 aliphatic rings. The van der Waals surface area contributed by atoms with E-state index >= 15 is 0 Å². The summed E-state index contributed by atoms with van der Waals surface area (Å²) in [6, 6.07) is 6.50. The van der Waals surface area contributed by atoms with Crippen LogP contribution in [0.25, 0.3) is 11.4 Å². The SMILES string of the molecule is CC(=O)CCNC(=O)c1ccc(-c2noc(=O)[nH]2)cc1. The average molecular weight is 275 g/mol. The number of nitrogens with one attached hydrogen (secondary N) is 2. The molecule has 0 radical (unpaired) electrons. The van der Waals surface area contributed by atoms with E-state index in [9.17, 15) is 14.4 Å². The lowest BCUT2D eigenvalue weighted by atomic mass is 10.1. The maximum Gasteiger partial charge on any atom is 0.439 e. The molecule has 20 heavy (non-hydrogen) atoms. The van der Waals surface area contributed by atoms with Crippen molar-refractivity contribution in [1.29, 1.82) is 0 Å². The van der Waals surface area contributed by atoms with Crippen molar-refractivity contribution in [2.45, 2.75) is 13.3 Å². The smallest absolute Gasteiger partial charge is 0.352 e. The standard InChI is InChI=1S/C13H13N3O4/c1-8(17)6-7-14-12(18)10-4-2-9(3-5-10)11-15-13(19)20-16-11/h2-5H,6-7H2,1H3,(H,14,18)(H,15,16,19). The molecule has 0 saturated heterocycles. The number of benzene rings is 1. The summed E-state index contributed by atoms with van der Waals surface area (Å²) < 4.78 is 4.40. The second-order valence-electron chi connectivity index (χ2n) is 4.23. The van der Waals surface area contributed by atoms with Crippen LogP contribution in [0, 0.1) is 0 Å². The number of H-pyrrole nitrogens is 1. The lowest BCUT2D eigenvalue weighted by molar-refractivity contribution is -0.116. The third-order valence-electron chi connectivity index (χ3n) is 2.62. The second kappa shape index (κ2) is 5.96. The van der Waals surface area contributed by atoms with Crippen molar-refractivity contribution in [3.63, 3.8) is 0 Å². The molecule has 0 atom stereocenters. The van der Waals surface area contributed by atoms with Crippen LogP contribution < -0.4 is 11.1 Å². The van der Waals surface area contributed by atoms with Crippen LogP contribution in [0.5, 0.6) is 0 Å². The third kappa shape index (κ3) is 3.41. The number of nitrogens with zero attached hydrogens (tertiary/aromatic N) is 1. The summed E-state index contributed by atoms with van der Waals surface area (Å²) in [6.07, 6.45) is 0.310. The first-order chi connectivity index (χ1) is 9.56. The minimum absolute atomic E-state index is 0.0237. The molecule has 0 aliphatic heterocycles. The molecule has 1 aromatic carbocycles. The highest BCUT2D eigenvalue weighted by molar-refractivity contribution is 5.94. The molecule has 0 unspecified atom stereocenters. The Balaban J connectivity index is 2.02. The van der Waals surface area contributed by atoms with E-state index in [4.69, 9.17) is 0 Å². The minimum atomic E-state index is -0.633. The first-order valence-electron chi connectivity index (χ1n) is 6.00. The molecule has 2 rings (SSSR count). The van der Waals surface area contributed by atoms with Crippen LogP contribution in [0.2, 0.25) is 0 Å². The molecular weight excluding hydrogens is 262 g/mol. The van der Waals surface area contributed by atoms with Crippen molar-refractivity contribution in [2.75, 3.05) is 6.54 Å². The topological polar surface area (TPSA) is 105 Å². The molecule has 2 N–H and O–H groups in total. The van der Waals surface area contributed by atoms with Crippen molar-refractivity contribution in [3.8, 4) is 11.4 Å². The number of ketones is 1. The zero-order valence-corrected chi connectivity index (χ0v) is 10.8. The zero-order chi connectivity index (χ0) is 14.5. The molecule has 0 fully saturated rings. The van der Waals surface area contributed by atoms with Crippen LogP contribution in [0.3, 0.4) is 0 Å². The van der Waals surface area contributed by atoms with Gasteiger partial charge in [-0.25, -0.2) is 4.79 Å². The van der Waals surface area contributed by atoms with Crippen LogP contribution in [0.4, 0.5) is 0 Å². The molecular formula is C13H13N3O4. The Morgan fingerprint density at radius 3 is 2.55 bits per heavy atom. The number of hydrogen-bond acceptors (Lipinski definition) is 5. The number of carbonyl (C=O) groups is 2. The highest BCUT2D eigenvalue weighted by Crippen LogP contribution is 2.14. The van der Waals surface area contributed by atoms with Gasteiger partial charge >= 0.3 is 5.76 Å². The van der Waals surface area contributed by atoms with E-state index in [1.54, 1.807) is 24.3 Å². The van der Waals surface area contributed by atoms with Crippen molar-refractivity contribution < 1.29 is 14.1 Å². The van der Waals surface area contributed by atoms with Gasteiger partial charge in [0.15, 0.2) is 5.82 Å². The molecule has 1 aromatic heterocycles. The summed E-state index contributed by atoms with van der Waals surface area (Å²) >= 11 is 0. The molecule has 7 nitrogen and oxygen atoms in total. The first-order valence-corrected chi connectivity index (χ1v) is 6.00. The van der Waals surface area contributed by atoms with E-state index in [1.807, 2.05) is 0 Å². The molecule has 7 heteroatoms. The summed E-state index contributed by atoms with van der Waals surface area (Å²) in [6.45, 7) is 1.78. The fourth-order valence-electron chi connectivity index (χ4n) is 1.59. The first kappa shape index (κ1) is 13.7. The predicted octanol–water partition coefficient (Wildman–Crippen LogP) is 0.739. The Kier molecular flexibility index (Phi) is 4.09. The van der Waals surface area contributed by atoms with Gasteiger partial charge in [0.2, 0.25) is 0 Å². The van der Waals surface area contributed by atoms with Crippen molar-refractivity contribution in [3.05, 3.63) is 40.4 Å². The molecule has 0 spiro atoms. The van der Waals surface area contributed by atoms with Gasteiger partial charge in [0.1, 0.15) is 5.78 Å². The molecule has 2 aromatic rings. The maximum atomic E-state index is 11.8. The fraction of sp³-hybridized carbons (Fsp3) is 0.231. The summed E-state index contributed by atoms with van der Waals surface area (Å²) in [5.74, 6) is -0.563. The Morgan fingerprint density at radius 2 is 2.00 bits per heavy atom. The van der Waals surface area contributed by atoms with E-state index in [0.717, 1.165) is 0 Å². The van der Waals surface area contributed by atoms with Gasteiger partial charge in [0, 0.05) is 24.1 Å². The number of aromatic amines is 1. The Hall–Kier alpha value is -2.70. The van der Waals surface area contributed by atoms with Crippen molar-refractivity contribution >= 4 is 11.7 Å². The lowest BCUT2D eigenvalue weighted by Gasteiger charge is -2.04. The monoisotopic (exact) mass is 275 g/mol. The van der Waals surface area contributed by atoms with E-state index in [1.165, 1.54) is 6.92 Å². The van der Waals surface area contributed by atoms with Gasteiger partial charge in [-0.2, -0.15) is 0 Å². The van der Waals surface area contributed by atoms with Gasteiger partial charge in [-0.1, -0.05) is 17.3 Å². The summed E-state index contributed by atoms with van der Waals surface area (Å²) in [5.41, 5.74) is 1.10. The third-order valence-corrected chi connectivity index (χ3v) is 2.62. The number of rotatable bonds is 5. The number of Topliss-reactive ketones (excluding diaryl/α,β-unsaturated/α-hetero) is 1. The van der Waals surface area contributed by atoms with E-state index in [2.05, 4.69) is 20.0 Å². The second-order valence-corrected chi connectivity index (χ2v) is 4.23. The zero-order valence-electron chi connectivity index (χ0n) is 10.8. The Labute approximate surface area is 114 Å². The quantitative estimate of drug-likeness (QED) is 0.837. The van der Waals surface area contributed by atoms with Crippen molar-refractivity contribution in [2.24, 2.45) is 0 Å². The van der Waals surface area contributed by atoms with Crippen LogP contribution in [-0.4, -0.2) is 28.4 Å². The van der Waals surface area contributed by atoms with Crippen LogP contribution >= 0.6 is 0 Å². The number of aromatic nitrogens is 2.